The van der Waals surface area contributed by atoms with E-state index in [1.54, 1.807) is 0 Å². The van der Waals surface area contributed by atoms with Crippen molar-refractivity contribution in [3.05, 3.63) is 18.0 Å². The highest BCUT2D eigenvalue weighted by Crippen LogP contribution is 2.24. The summed E-state index contributed by atoms with van der Waals surface area (Å²) in [4.78, 5) is 0. The van der Waals surface area contributed by atoms with E-state index in [9.17, 15) is 0 Å². The number of ether oxygens (including phenoxy) is 1. The van der Waals surface area contributed by atoms with Gasteiger partial charge in [-0.1, -0.05) is 6.92 Å². The normalized spacial score (nSPS) is 21.5. The third-order valence-corrected chi connectivity index (χ3v) is 3.82. The summed E-state index contributed by atoms with van der Waals surface area (Å²) in [7, 11) is 0. The lowest BCUT2D eigenvalue weighted by Gasteiger charge is -2.28. The number of nitrogens with zero attached hydrogens (tertiary/aromatic N) is 2. The molecule has 1 aromatic heterocycles. The van der Waals surface area contributed by atoms with Gasteiger partial charge < -0.3 is 10.1 Å². The first-order valence-corrected chi connectivity index (χ1v) is 7.71. The molecule has 0 amide bonds. The van der Waals surface area contributed by atoms with Gasteiger partial charge in [0.1, 0.15) is 0 Å². The molecule has 1 fully saturated rings. The van der Waals surface area contributed by atoms with Crippen molar-refractivity contribution in [1.29, 1.82) is 0 Å². The smallest absolute Gasteiger partial charge is 0.0593 e. The lowest BCUT2D eigenvalue weighted by molar-refractivity contribution is 0.00453. The number of nitrogens with one attached hydrogen (secondary N) is 1. The van der Waals surface area contributed by atoms with E-state index in [0.717, 1.165) is 32.5 Å². The Morgan fingerprint density at radius 2 is 2.37 bits per heavy atom. The maximum atomic E-state index is 5.89. The minimum Gasteiger partial charge on any atom is -0.378 e. The van der Waals surface area contributed by atoms with Crippen molar-refractivity contribution < 1.29 is 4.74 Å². The van der Waals surface area contributed by atoms with E-state index >= 15 is 0 Å². The van der Waals surface area contributed by atoms with E-state index in [1.807, 2.05) is 6.20 Å². The molecule has 0 aliphatic carbocycles. The Bertz CT molecular complexity index is 358. The Balaban J connectivity index is 2.01. The van der Waals surface area contributed by atoms with Gasteiger partial charge in [-0.3, -0.25) is 4.68 Å². The molecule has 1 aliphatic rings. The van der Waals surface area contributed by atoms with Gasteiger partial charge in [0, 0.05) is 19.3 Å². The summed E-state index contributed by atoms with van der Waals surface area (Å²) in [6.45, 7) is 7.26. The average Bonchev–Trinajstić information content (AvgIpc) is 2.93. The van der Waals surface area contributed by atoms with Gasteiger partial charge in [0.2, 0.25) is 0 Å². The van der Waals surface area contributed by atoms with Crippen molar-refractivity contribution >= 4 is 0 Å². The van der Waals surface area contributed by atoms with Gasteiger partial charge in [-0.2, -0.15) is 5.10 Å². The molecule has 1 aliphatic heterocycles. The standard InChI is InChI=1S/C15H27N3O/c1-3-9-16-14(12-13-7-5-6-11-19-13)15-8-10-17-18(15)4-2/h8,10,13-14,16H,3-7,9,11-12H2,1-2H3. The molecule has 4 nitrogen and oxygen atoms in total. The molecule has 0 saturated carbocycles. The fourth-order valence-electron chi connectivity index (χ4n) is 2.79. The van der Waals surface area contributed by atoms with Crippen LogP contribution >= 0.6 is 0 Å². The zero-order chi connectivity index (χ0) is 13.5. The maximum Gasteiger partial charge on any atom is 0.0593 e. The molecular formula is C15H27N3O. The van der Waals surface area contributed by atoms with Crippen LogP contribution in [0.15, 0.2) is 12.3 Å². The Labute approximate surface area is 116 Å². The van der Waals surface area contributed by atoms with E-state index < -0.39 is 0 Å². The first-order valence-electron chi connectivity index (χ1n) is 7.71. The van der Waals surface area contributed by atoms with Crippen molar-refractivity contribution in [2.45, 2.75) is 64.6 Å². The number of rotatable bonds is 7. The highest BCUT2D eigenvalue weighted by molar-refractivity contribution is 5.07. The summed E-state index contributed by atoms with van der Waals surface area (Å²) in [6, 6.07) is 2.50. The second kappa shape index (κ2) is 7.65. The summed E-state index contributed by atoms with van der Waals surface area (Å²) >= 11 is 0. The summed E-state index contributed by atoms with van der Waals surface area (Å²) < 4.78 is 7.98. The minimum absolute atomic E-state index is 0.366. The Morgan fingerprint density at radius 3 is 3.05 bits per heavy atom. The SMILES string of the molecule is CCCNC(CC1CCCCO1)c1ccnn1CC. The minimum atomic E-state index is 0.366. The van der Waals surface area contributed by atoms with Crippen molar-refractivity contribution in [1.82, 2.24) is 15.1 Å². The fourth-order valence-corrected chi connectivity index (χ4v) is 2.79. The van der Waals surface area contributed by atoms with Crippen molar-refractivity contribution in [3.63, 3.8) is 0 Å². The summed E-state index contributed by atoms with van der Waals surface area (Å²) in [5.41, 5.74) is 1.30. The first-order chi connectivity index (χ1) is 9.35. The highest BCUT2D eigenvalue weighted by Gasteiger charge is 2.22. The zero-order valence-electron chi connectivity index (χ0n) is 12.3. The average molecular weight is 265 g/mol. The first kappa shape index (κ1) is 14.5. The van der Waals surface area contributed by atoms with Crippen LogP contribution in [0.25, 0.3) is 0 Å². The molecule has 4 heteroatoms. The fraction of sp³-hybridized carbons (Fsp3) is 0.800. The molecule has 2 unspecified atom stereocenters. The third-order valence-electron chi connectivity index (χ3n) is 3.82. The third kappa shape index (κ3) is 4.05. The molecule has 108 valence electrons. The molecule has 2 atom stereocenters. The molecule has 0 spiro atoms. The molecule has 19 heavy (non-hydrogen) atoms. The maximum absolute atomic E-state index is 5.89. The Morgan fingerprint density at radius 1 is 1.47 bits per heavy atom. The van der Waals surface area contributed by atoms with Crippen LogP contribution in [0.5, 0.6) is 0 Å². The van der Waals surface area contributed by atoms with Gasteiger partial charge in [-0.15, -0.1) is 0 Å². The van der Waals surface area contributed by atoms with E-state index in [4.69, 9.17) is 4.74 Å². The van der Waals surface area contributed by atoms with E-state index in [-0.39, 0.29) is 0 Å². The van der Waals surface area contributed by atoms with Gasteiger partial charge >= 0.3 is 0 Å². The van der Waals surface area contributed by atoms with Gasteiger partial charge in [0.05, 0.1) is 17.8 Å². The van der Waals surface area contributed by atoms with Crippen molar-refractivity contribution in [2.75, 3.05) is 13.2 Å². The predicted molar refractivity (Wildman–Crippen MR) is 77.1 cm³/mol. The van der Waals surface area contributed by atoms with E-state index in [2.05, 4.69) is 35.0 Å². The van der Waals surface area contributed by atoms with Crippen LogP contribution in [-0.4, -0.2) is 29.0 Å². The van der Waals surface area contributed by atoms with Gasteiger partial charge in [0.15, 0.2) is 0 Å². The van der Waals surface area contributed by atoms with Gasteiger partial charge in [-0.25, -0.2) is 0 Å². The largest absolute Gasteiger partial charge is 0.378 e. The van der Waals surface area contributed by atoms with Gasteiger partial charge in [0.25, 0.3) is 0 Å². The molecule has 1 aromatic rings. The second-order valence-corrected chi connectivity index (χ2v) is 5.30. The van der Waals surface area contributed by atoms with Crippen LogP contribution in [-0.2, 0) is 11.3 Å². The molecule has 1 saturated heterocycles. The van der Waals surface area contributed by atoms with Crippen LogP contribution in [0, 0.1) is 0 Å². The van der Waals surface area contributed by atoms with Crippen LogP contribution < -0.4 is 5.32 Å². The molecule has 2 rings (SSSR count). The molecular weight excluding hydrogens is 238 g/mol. The molecule has 0 bridgehead atoms. The highest BCUT2D eigenvalue weighted by atomic mass is 16.5. The number of hydrogen-bond acceptors (Lipinski definition) is 3. The van der Waals surface area contributed by atoms with Crippen LogP contribution in [0.4, 0.5) is 0 Å². The lowest BCUT2D eigenvalue weighted by atomic mass is 9.99. The molecule has 0 aromatic carbocycles. The summed E-state index contributed by atoms with van der Waals surface area (Å²) in [5, 5.41) is 8.05. The quantitative estimate of drug-likeness (QED) is 0.824. The zero-order valence-corrected chi connectivity index (χ0v) is 12.3. The molecule has 2 heterocycles. The van der Waals surface area contributed by atoms with Crippen LogP contribution in [0.3, 0.4) is 0 Å². The van der Waals surface area contributed by atoms with Crippen molar-refractivity contribution in [2.24, 2.45) is 0 Å². The van der Waals surface area contributed by atoms with E-state index in [0.29, 0.717) is 12.1 Å². The number of aromatic nitrogens is 2. The van der Waals surface area contributed by atoms with Crippen molar-refractivity contribution in [3.8, 4) is 0 Å². The Hall–Kier alpha value is -0.870. The number of hydrogen-bond donors (Lipinski definition) is 1. The molecule has 0 radical (unpaired) electrons. The summed E-state index contributed by atoms with van der Waals surface area (Å²) in [6.07, 6.45) is 8.25. The van der Waals surface area contributed by atoms with Crippen LogP contribution in [0.1, 0.15) is 57.7 Å². The molecule has 1 N–H and O–H groups in total. The van der Waals surface area contributed by atoms with Crippen LogP contribution in [0.2, 0.25) is 0 Å². The lowest BCUT2D eigenvalue weighted by Crippen LogP contribution is -2.30. The van der Waals surface area contributed by atoms with Gasteiger partial charge in [-0.05, 0) is 51.6 Å². The second-order valence-electron chi connectivity index (χ2n) is 5.30. The van der Waals surface area contributed by atoms with E-state index in [1.165, 1.54) is 25.0 Å². The predicted octanol–water partition coefficient (Wildman–Crippen LogP) is 2.90. The number of aryl methyl sites for hydroxylation is 1. The monoisotopic (exact) mass is 265 g/mol. The topological polar surface area (TPSA) is 39.1 Å². The Kier molecular flexibility index (Phi) is 5.86. The summed E-state index contributed by atoms with van der Waals surface area (Å²) in [5.74, 6) is 0.